The molecule has 0 saturated carbocycles. The quantitative estimate of drug-likeness (QED) is 0.518. The molecule has 1 aromatic heterocycles. The summed E-state index contributed by atoms with van der Waals surface area (Å²) in [5.74, 6) is -1.24. The van der Waals surface area contributed by atoms with Crippen LogP contribution in [0.15, 0.2) is 42.7 Å². The van der Waals surface area contributed by atoms with Crippen molar-refractivity contribution in [2.45, 2.75) is 44.8 Å². The number of amides is 1. The number of hydrazine groups is 1. The third-order valence-corrected chi connectivity index (χ3v) is 5.03. The summed E-state index contributed by atoms with van der Waals surface area (Å²) >= 11 is 0. The lowest BCUT2D eigenvalue weighted by atomic mass is 9.95. The SMILES string of the molecule is CCn1cc(C2NNCC2C(=O)NC(CCC(=O)O)Cc2ccccc2)cn1. The zero-order chi connectivity index (χ0) is 19.9. The second-order valence-electron chi connectivity index (χ2n) is 7.07. The van der Waals surface area contributed by atoms with E-state index in [1.165, 1.54) is 0 Å². The Kier molecular flexibility index (Phi) is 6.78. The Balaban J connectivity index is 1.67. The van der Waals surface area contributed by atoms with Crippen molar-refractivity contribution >= 4 is 11.9 Å². The van der Waals surface area contributed by atoms with Crippen LogP contribution in [0.4, 0.5) is 0 Å². The van der Waals surface area contributed by atoms with E-state index in [-0.39, 0.29) is 30.3 Å². The molecular weight excluding hydrogens is 358 g/mol. The second kappa shape index (κ2) is 9.48. The first-order valence-corrected chi connectivity index (χ1v) is 9.63. The first-order chi connectivity index (χ1) is 13.6. The molecule has 8 heteroatoms. The van der Waals surface area contributed by atoms with E-state index in [1.54, 1.807) is 6.20 Å². The zero-order valence-electron chi connectivity index (χ0n) is 16.0. The van der Waals surface area contributed by atoms with Gasteiger partial charge in [0.05, 0.1) is 18.2 Å². The minimum Gasteiger partial charge on any atom is -0.481 e. The molecule has 3 atom stereocenters. The lowest BCUT2D eigenvalue weighted by Gasteiger charge is -2.23. The van der Waals surface area contributed by atoms with Gasteiger partial charge in [0.25, 0.3) is 0 Å². The van der Waals surface area contributed by atoms with Crippen LogP contribution in [0, 0.1) is 5.92 Å². The Bertz CT molecular complexity index is 792. The Morgan fingerprint density at radius 1 is 1.36 bits per heavy atom. The summed E-state index contributed by atoms with van der Waals surface area (Å²) in [4.78, 5) is 24.0. The number of carbonyl (C=O) groups excluding carboxylic acids is 1. The van der Waals surface area contributed by atoms with Crippen LogP contribution in [0.5, 0.6) is 0 Å². The van der Waals surface area contributed by atoms with E-state index in [0.29, 0.717) is 19.4 Å². The molecule has 3 rings (SSSR count). The highest BCUT2D eigenvalue weighted by Crippen LogP contribution is 2.25. The lowest BCUT2D eigenvalue weighted by molar-refractivity contribution is -0.137. The van der Waals surface area contributed by atoms with E-state index in [9.17, 15) is 9.59 Å². The summed E-state index contributed by atoms with van der Waals surface area (Å²) in [7, 11) is 0. The van der Waals surface area contributed by atoms with Crippen molar-refractivity contribution in [3.05, 3.63) is 53.9 Å². The van der Waals surface area contributed by atoms with Gasteiger partial charge in [-0.05, 0) is 25.3 Å². The maximum atomic E-state index is 13.0. The fourth-order valence-electron chi connectivity index (χ4n) is 3.50. The molecule has 1 aromatic carbocycles. The van der Waals surface area contributed by atoms with Crippen LogP contribution in [0.1, 0.15) is 36.9 Å². The van der Waals surface area contributed by atoms with Crippen molar-refractivity contribution < 1.29 is 14.7 Å². The molecule has 2 aromatic rings. The molecule has 150 valence electrons. The van der Waals surface area contributed by atoms with Gasteiger partial charge in [0, 0.05) is 37.3 Å². The standard InChI is InChI=1S/C20H27N5O3/c1-2-25-13-15(11-22-25)19-17(12-21-24-19)20(28)23-16(8-9-18(26)27)10-14-6-4-3-5-7-14/h3-7,11,13,16-17,19,21,24H,2,8-10,12H2,1H3,(H,23,28)(H,26,27). The van der Waals surface area contributed by atoms with Gasteiger partial charge in [-0.1, -0.05) is 30.3 Å². The number of aryl methyl sites for hydroxylation is 1. The molecule has 1 aliphatic heterocycles. The monoisotopic (exact) mass is 385 g/mol. The van der Waals surface area contributed by atoms with Gasteiger partial charge in [0.2, 0.25) is 5.91 Å². The highest BCUT2D eigenvalue weighted by atomic mass is 16.4. The summed E-state index contributed by atoms with van der Waals surface area (Å²) in [5.41, 5.74) is 8.24. The lowest BCUT2D eigenvalue weighted by Crippen LogP contribution is -2.42. The number of hydrogen-bond acceptors (Lipinski definition) is 5. The molecule has 28 heavy (non-hydrogen) atoms. The summed E-state index contributed by atoms with van der Waals surface area (Å²) in [6.45, 7) is 3.29. The van der Waals surface area contributed by atoms with E-state index in [1.807, 2.05) is 48.1 Å². The molecule has 0 bridgehead atoms. The number of carboxylic acid groups (broad SMARTS) is 1. The summed E-state index contributed by atoms with van der Waals surface area (Å²) in [6, 6.07) is 9.39. The van der Waals surface area contributed by atoms with Crippen molar-refractivity contribution in [2.24, 2.45) is 5.92 Å². The first kappa shape index (κ1) is 20.0. The number of carbonyl (C=O) groups is 2. The molecule has 0 aliphatic carbocycles. The van der Waals surface area contributed by atoms with Crippen molar-refractivity contribution in [3.63, 3.8) is 0 Å². The van der Waals surface area contributed by atoms with Crippen LogP contribution >= 0.6 is 0 Å². The smallest absolute Gasteiger partial charge is 0.303 e. The molecule has 1 aliphatic rings. The molecule has 3 unspecified atom stereocenters. The second-order valence-corrected chi connectivity index (χ2v) is 7.07. The Morgan fingerprint density at radius 3 is 2.82 bits per heavy atom. The topological polar surface area (TPSA) is 108 Å². The number of rotatable bonds is 9. The maximum Gasteiger partial charge on any atom is 0.303 e. The van der Waals surface area contributed by atoms with Crippen LogP contribution < -0.4 is 16.2 Å². The molecule has 1 saturated heterocycles. The van der Waals surface area contributed by atoms with E-state index >= 15 is 0 Å². The Morgan fingerprint density at radius 2 is 2.14 bits per heavy atom. The molecule has 4 N–H and O–H groups in total. The van der Waals surface area contributed by atoms with Crippen LogP contribution in [0.3, 0.4) is 0 Å². The van der Waals surface area contributed by atoms with Gasteiger partial charge in [-0.25, -0.2) is 5.43 Å². The highest BCUT2D eigenvalue weighted by molar-refractivity contribution is 5.80. The average Bonchev–Trinajstić information content (AvgIpc) is 3.35. The van der Waals surface area contributed by atoms with Crippen molar-refractivity contribution in [2.75, 3.05) is 6.54 Å². The van der Waals surface area contributed by atoms with E-state index in [2.05, 4.69) is 21.3 Å². The van der Waals surface area contributed by atoms with Crippen LogP contribution in [0.2, 0.25) is 0 Å². The molecule has 1 amide bonds. The van der Waals surface area contributed by atoms with Gasteiger partial charge in [-0.15, -0.1) is 0 Å². The van der Waals surface area contributed by atoms with Crippen LogP contribution in [-0.4, -0.2) is 39.4 Å². The van der Waals surface area contributed by atoms with E-state index in [0.717, 1.165) is 17.7 Å². The third kappa shape index (κ3) is 5.17. The molecule has 0 radical (unpaired) electrons. The highest BCUT2D eigenvalue weighted by Gasteiger charge is 2.35. The maximum absolute atomic E-state index is 13.0. The number of nitrogens with zero attached hydrogens (tertiary/aromatic N) is 2. The molecule has 0 spiro atoms. The molecule has 8 nitrogen and oxygen atoms in total. The fourth-order valence-corrected chi connectivity index (χ4v) is 3.50. The van der Waals surface area contributed by atoms with Crippen molar-refractivity contribution in [3.8, 4) is 0 Å². The number of carboxylic acids is 1. The first-order valence-electron chi connectivity index (χ1n) is 9.63. The molecule has 2 heterocycles. The fraction of sp³-hybridized carbons (Fsp3) is 0.450. The predicted molar refractivity (Wildman–Crippen MR) is 104 cm³/mol. The minimum absolute atomic E-state index is 0.0195. The van der Waals surface area contributed by atoms with E-state index < -0.39 is 5.97 Å². The van der Waals surface area contributed by atoms with Gasteiger partial charge >= 0.3 is 5.97 Å². The number of aliphatic carboxylic acids is 1. The van der Waals surface area contributed by atoms with Crippen molar-refractivity contribution in [1.82, 2.24) is 25.9 Å². The number of aromatic nitrogens is 2. The van der Waals surface area contributed by atoms with Gasteiger partial charge in [0.15, 0.2) is 0 Å². The van der Waals surface area contributed by atoms with Gasteiger partial charge < -0.3 is 10.4 Å². The van der Waals surface area contributed by atoms with Crippen LogP contribution in [-0.2, 0) is 22.6 Å². The normalized spacial score (nSPS) is 20.0. The summed E-state index contributed by atoms with van der Waals surface area (Å²) < 4.78 is 1.83. The number of benzene rings is 1. The average molecular weight is 385 g/mol. The van der Waals surface area contributed by atoms with Gasteiger partial charge in [-0.3, -0.25) is 19.7 Å². The summed E-state index contributed by atoms with van der Waals surface area (Å²) in [5, 5.41) is 16.4. The number of hydrogen-bond donors (Lipinski definition) is 4. The Hall–Kier alpha value is -2.71. The van der Waals surface area contributed by atoms with Crippen molar-refractivity contribution in [1.29, 1.82) is 0 Å². The van der Waals surface area contributed by atoms with Gasteiger partial charge in [-0.2, -0.15) is 5.10 Å². The zero-order valence-corrected chi connectivity index (χ0v) is 16.0. The largest absolute Gasteiger partial charge is 0.481 e. The predicted octanol–water partition coefficient (Wildman–Crippen LogP) is 1.26. The van der Waals surface area contributed by atoms with Crippen LogP contribution in [0.25, 0.3) is 0 Å². The molecular formula is C20H27N5O3. The number of nitrogens with one attached hydrogen (secondary N) is 3. The molecule has 1 fully saturated rings. The Labute approximate surface area is 164 Å². The minimum atomic E-state index is -0.860. The summed E-state index contributed by atoms with van der Waals surface area (Å²) in [6.07, 6.45) is 4.73. The van der Waals surface area contributed by atoms with E-state index in [4.69, 9.17) is 5.11 Å². The van der Waals surface area contributed by atoms with Gasteiger partial charge in [0.1, 0.15) is 0 Å². The third-order valence-electron chi connectivity index (χ3n) is 5.03.